The van der Waals surface area contributed by atoms with Crippen LogP contribution in [0.25, 0.3) is 6.08 Å². The average molecular weight is 641 g/mol. The van der Waals surface area contributed by atoms with Crippen LogP contribution in [-0.4, -0.2) is 18.9 Å². The fraction of sp³-hybridized carbons (Fsp3) is 0.311. The summed E-state index contributed by atoms with van der Waals surface area (Å²) in [6.07, 6.45) is 27.2. The van der Waals surface area contributed by atoms with Gasteiger partial charge in [0.25, 0.3) is 0 Å². The van der Waals surface area contributed by atoms with Gasteiger partial charge in [-0.05, 0) is 65.7 Å². The summed E-state index contributed by atoms with van der Waals surface area (Å²) < 4.78 is 0. The fourth-order valence-corrected chi connectivity index (χ4v) is 7.49. The van der Waals surface area contributed by atoms with Crippen molar-refractivity contribution in [2.45, 2.75) is 52.4 Å². The van der Waals surface area contributed by atoms with Crippen LogP contribution in [0.5, 0.6) is 0 Å². The van der Waals surface area contributed by atoms with Gasteiger partial charge < -0.3 is 9.59 Å². The van der Waals surface area contributed by atoms with Crippen LogP contribution in [0.2, 0.25) is 0 Å². The van der Waals surface area contributed by atoms with Gasteiger partial charge in [0.1, 0.15) is 18.9 Å². The summed E-state index contributed by atoms with van der Waals surface area (Å²) in [4.78, 5) is 32.2. The lowest BCUT2D eigenvalue weighted by Crippen LogP contribution is -2.18. The number of aldehydes is 3. The zero-order valence-corrected chi connectivity index (χ0v) is 27.6. The molecule has 0 aliphatic heterocycles. The topological polar surface area (TPSA) is 51.2 Å². The van der Waals surface area contributed by atoms with Crippen LogP contribution in [0.3, 0.4) is 0 Å². The van der Waals surface area contributed by atoms with Gasteiger partial charge in [-0.15, -0.1) is 0 Å². The van der Waals surface area contributed by atoms with E-state index in [0.717, 1.165) is 30.8 Å². The Labute approximate surface area is 288 Å². The van der Waals surface area contributed by atoms with Gasteiger partial charge in [0, 0.05) is 23.7 Å². The maximum absolute atomic E-state index is 11.1. The van der Waals surface area contributed by atoms with Crippen molar-refractivity contribution in [3.8, 4) is 0 Å². The fourth-order valence-electron chi connectivity index (χ4n) is 7.49. The van der Waals surface area contributed by atoms with Crippen LogP contribution < -0.4 is 0 Å². The van der Waals surface area contributed by atoms with E-state index < -0.39 is 0 Å². The van der Waals surface area contributed by atoms with E-state index in [9.17, 15) is 14.4 Å². The van der Waals surface area contributed by atoms with Crippen LogP contribution in [0.4, 0.5) is 0 Å². The summed E-state index contributed by atoms with van der Waals surface area (Å²) >= 11 is 0. The summed E-state index contributed by atoms with van der Waals surface area (Å²) in [5.41, 5.74) is 3.70. The van der Waals surface area contributed by atoms with E-state index in [2.05, 4.69) is 97.1 Å². The highest BCUT2D eigenvalue weighted by atomic mass is 16.1. The van der Waals surface area contributed by atoms with Crippen LogP contribution in [0.15, 0.2) is 146 Å². The molecule has 0 amide bonds. The molecule has 4 bridgehead atoms. The van der Waals surface area contributed by atoms with E-state index in [-0.39, 0.29) is 19.3 Å². The predicted molar refractivity (Wildman–Crippen MR) is 201 cm³/mol. The molecule has 6 unspecified atom stereocenters. The lowest BCUT2D eigenvalue weighted by molar-refractivity contribution is -0.112. The monoisotopic (exact) mass is 640 g/mol. The third-order valence-corrected chi connectivity index (χ3v) is 9.55. The Balaban J connectivity index is 0.000000179. The molecule has 8 atom stereocenters. The molecule has 3 nitrogen and oxygen atoms in total. The molecule has 0 spiro atoms. The predicted octanol–water partition coefficient (Wildman–Crippen LogP) is 10.6. The summed E-state index contributed by atoms with van der Waals surface area (Å²) in [7, 11) is 0. The van der Waals surface area contributed by atoms with E-state index in [4.69, 9.17) is 0 Å². The van der Waals surface area contributed by atoms with E-state index in [1.165, 1.54) is 30.0 Å². The molecular formula is C45H52O3. The summed E-state index contributed by atoms with van der Waals surface area (Å²) in [6.45, 7) is 4.00. The number of carbonyl (C=O) groups is 3. The number of hydrogen-bond acceptors (Lipinski definition) is 3. The van der Waals surface area contributed by atoms with Gasteiger partial charge in [-0.3, -0.25) is 4.79 Å². The molecule has 2 saturated carbocycles. The second-order valence-corrected chi connectivity index (χ2v) is 12.2. The van der Waals surface area contributed by atoms with Crippen LogP contribution in [0, 0.1) is 35.5 Å². The largest absolute Gasteiger partial charge is 0.303 e. The van der Waals surface area contributed by atoms with Gasteiger partial charge in [-0.25, -0.2) is 0 Å². The number of rotatable bonds is 6. The highest BCUT2D eigenvalue weighted by Gasteiger charge is 2.45. The summed E-state index contributed by atoms with van der Waals surface area (Å²) in [6, 6.07) is 30.6. The molecule has 3 aromatic rings. The molecule has 0 aromatic heterocycles. The zero-order valence-electron chi connectivity index (χ0n) is 27.6. The molecule has 0 saturated heterocycles. The first-order valence-electron chi connectivity index (χ1n) is 17.1. The maximum atomic E-state index is 11.1. The quantitative estimate of drug-likeness (QED) is 0.153. The molecule has 5 aliphatic rings. The number of fused-ring (bicyclic) bond motifs is 4. The first kappa shape index (κ1) is 37.8. The molecule has 8 rings (SSSR count). The van der Waals surface area contributed by atoms with Gasteiger partial charge in [-0.2, -0.15) is 0 Å². The first-order valence-corrected chi connectivity index (χ1v) is 17.1. The van der Waals surface area contributed by atoms with Crippen LogP contribution in [-0.2, 0) is 14.4 Å². The smallest absolute Gasteiger partial charge is 0.142 e. The molecule has 0 radical (unpaired) electrons. The first-order chi connectivity index (χ1) is 23.2. The van der Waals surface area contributed by atoms with E-state index in [1.54, 1.807) is 6.08 Å². The van der Waals surface area contributed by atoms with E-state index in [0.29, 0.717) is 35.5 Å². The normalized spacial score (nSPS) is 27.2. The lowest BCUT2D eigenvalue weighted by atomic mass is 9.79. The van der Waals surface area contributed by atoms with Crippen molar-refractivity contribution >= 4 is 24.9 Å². The highest BCUT2D eigenvalue weighted by molar-refractivity contribution is 5.73. The molecule has 3 aromatic carbocycles. The van der Waals surface area contributed by atoms with Gasteiger partial charge in [-0.1, -0.05) is 167 Å². The van der Waals surface area contributed by atoms with Gasteiger partial charge in [0.05, 0.1) is 0 Å². The molecule has 3 heteroatoms. The van der Waals surface area contributed by atoms with Crippen molar-refractivity contribution in [1.82, 2.24) is 0 Å². The maximum Gasteiger partial charge on any atom is 0.142 e. The van der Waals surface area contributed by atoms with Gasteiger partial charge in [0.2, 0.25) is 0 Å². The van der Waals surface area contributed by atoms with Crippen molar-refractivity contribution < 1.29 is 14.4 Å². The van der Waals surface area contributed by atoms with Crippen molar-refractivity contribution in [1.29, 1.82) is 0 Å². The number of benzene rings is 3. The average Bonchev–Trinajstić information content (AvgIpc) is 4.01. The van der Waals surface area contributed by atoms with E-state index in [1.807, 2.05) is 56.3 Å². The second kappa shape index (κ2) is 20.6. The van der Waals surface area contributed by atoms with Crippen molar-refractivity contribution in [2.24, 2.45) is 35.5 Å². The Morgan fingerprint density at radius 1 is 0.542 bits per heavy atom. The minimum atomic E-state index is 0. The van der Waals surface area contributed by atoms with Crippen molar-refractivity contribution in [3.63, 3.8) is 0 Å². The van der Waals surface area contributed by atoms with Crippen molar-refractivity contribution in [3.05, 3.63) is 162 Å². The number of hydrogen-bond donors (Lipinski definition) is 0. The van der Waals surface area contributed by atoms with E-state index >= 15 is 0 Å². The minimum absolute atomic E-state index is 0. The van der Waals surface area contributed by atoms with Gasteiger partial charge >= 0.3 is 0 Å². The molecule has 0 N–H and O–H groups in total. The third-order valence-electron chi connectivity index (χ3n) is 9.55. The third kappa shape index (κ3) is 9.94. The van der Waals surface area contributed by atoms with Gasteiger partial charge in [0.15, 0.2) is 0 Å². The lowest BCUT2D eigenvalue weighted by Gasteiger charge is -2.24. The van der Waals surface area contributed by atoms with Crippen molar-refractivity contribution in [2.75, 3.05) is 0 Å². The minimum Gasteiger partial charge on any atom is -0.303 e. The Bertz CT molecular complexity index is 1430. The molecular weight excluding hydrogens is 588 g/mol. The Kier molecular flexibility index (Phi) is 16.2. The summed E-state index contributed by atoms with van der Waals surface area (Å²) in [5.74, 6) is 3.46. The Hall–Kier alpha value is -4.63. The molecule has 2 fully saturated rings. The molecule has 250 valence electrons. The second-order valence-electron chi connectivity index (χ2n) is 12.2. The van der Waals surface area contributed by atoms with Crippen LogP contribution >= 0.6 is 0 Å². The summed E-state index contributed by atoms with van der Waals surface area (Å²) in [5, 5.41) is 0. The zero-order chi connectivity index (χ0) is 33.3. The molecule has 0 heterocycles. The highest BCUT2D eigenvalue weighted by Crippen LogP contribution is 2.53. The Morgan fingerprint density at radius 2 is 0.938 bits per heavy atom. The number of allylic oxidation sites excluding steroid dienone is 9. The SMILES string of the molecule is C.C1=CCC=C1.CC.O=C/C=C/c1ccccc1.O=CC1C2C=CC(C2)[C@@H]1c1ccccc1.O=C[C@H]1C2C=CC(C2)C1c1ccccc1. The number of carbonyl (C=O) groups excluding carboxylic acids is 3. The molecule has 5 aliphatic carbocycles. The standard InChI is InChI=1S/2C14H14O.C9H8O.C5H6.C2H6.CH4/c2*15-9-13-11-6-7-12(8-11)14(13)10-4-2-1-3-5-10;10-8-4-7-9-5-2-1-3-6-9;1-2-4-5-3-1;1-2;/h2*1-7,9,11-14H,8H2;1-8H;1-4H,5H2;1-2H3;1H4/b;;7-4+;;;/t11?,12?,13?,14-;11?,12?,13-,14?;;;;/m00..../s1. The molecule has 48 heavy (non-hydrogen) atoms. The van der Waals surface area contributed by atoms with Crippen LogP contribution in [0.1, 0.15) is 69.1 Å². The Morgan fingerprint density at radius 3 is 1.29 bits per heavy atom.